The topological polar surface area (TPSA) is 77.2 Å². The fourth-order valence-electron chi connectivity index (χ4n) is 1.79. The molecule has 0 fully saturated rings. The van der Waals surface area contributed by atoms with E-state index >= 15 is 0 Å². The summed E-state index contributed by atoms with van der Waals surface area (Å²) in [7, 11) is 0. The first-order valence-electron chi connectivity index (χ1n) is 6.52. The number of hydrogen-bond donors (Lipinski definition) is 1. The molecule has 2 aromatic rings. The molecule has 1 aromatic carbocycles. The third kappa shape index (κ3) is 2.96. The third-order valence-electron chi connectivity index (χ3n) is 2.95. The zero-order chi connectivity index (χ0) is 14.5. The summed E-state index contributed by atoms with van der Waals surface area (Å²) >= 11 is 0. The molecule has 6 nitrogen and oxygen atoms in total. The average molecular weight is 275 g/mol. The van der Waals surface area contributed by atoms with Crippen LogP contribution in [0.25, 0.3) is 5.69 Å². The van der Waals surface area contributed by atoms with Crippen LogP contribution >= 0.6 is 0 Å². The standard InChI is InChI=1S/C14H17N3O3/c1-3-4-9-20-12-7-5-11(6-8-12)17-10(2)13(14(18)19)15-16-17/h5-8H,3-4,9H2,1-2H3,(H,18,19). The summed E-state index contributed by atoms with van der Waals surface area (Å²) in [5.41, 5.74) is 1.22. The number of rotatable bonds is 6. The largest absolute Gasteiger partial charge is 0.494 e. The number of nitrogens with zero attached hydrogens (tertiary/aromatic N) is 3. The molecular weight excluding hydrogens is 258 g/mol. The lowest BCUT2D eigenvalue weighted by atomic mass is 10.3. The molecular formula is C14H17N3O3. The van der Waals surface area contributed by atoms with Crippen molar-refractivity contribution in [3.63, 3.8) is 0 Å². The molecule has 6 heteroatoms. The van der Waals surface area contributed by atoms with Crippen molar-refractivity contribution in [2.75, 3.05) is 6.61 Å². The Morgan fingerprint density at radius 2 is 2.05 bits per heavy atom. The van der Waals surface area contributed by atoms with Crippen molar-refractivity contribution >= 4 is 5.97 Å². The van der Waals surface area contributed by atoms with Crippen molar-refractivity contribution in [2.45, 2.75) is 26.7 Å². The highest BCUT2D eigenvalue weighted by Crippen LogP contribution is 2.17. The van der Waals surface area contributed by atoms with Crippen LogP contribution in [-0.2, 0) is 0 Å². The molecule has 0 aliphatic carbocycles. The lowest BCUT2D eigenvalue weighted by Crippen LogP contribution is -2.03. The van der Waals surface area contributed by atoms with Gasteiger partial charge in [0.2, 0.25) is 0 Å². The van der Waals surface area contributed by atoms with Gasteiger partial charge in [0.15, 0.2) is 5.69 Å². The van der Waals surface area contributed by atoms with E-state index in [1.165, 1.54) is 4.68 Å². The molecule has 0 saturated heterocycles. The van der Waals surface area contributed by atoms with Crippen LogP contribution in [0.2, 0.25) is 0 Å². The zero-order valence-electron chi connectivity index (χ0n) is 11.5. The molecule has 1 aromatic heterocycles. The smallest absolute Gasteiger partial charge is 0.358 e. The Bertz CT molecular complexity index is 590. The lowest BCUT2D eigenvalue weighted by molar-refractivity contribution is 0.0689. The molecule has 106 valence electrons. The van der Waals surface area contributed by atoms with Crippen molar-refractivity contribution in [1.82, 2.24) is 15.0 Å². The van der Waals surface area contributed by atoms with E-state index in [4.69, 9.17) is 9.84 Å². The van der Waals surface area contributed by atoms with E-state index < -0.39 is 5.97 Å². The van der Waals surface area contributed by atoms with Gasteiger partial charge in [-0.3, -0.25) is 0 Å². The van der Waals surface area contributed by atoms with Gasteiger partial charge in [0.1, 0.15) is 5.75 Å². The number of carboxylic acid groups (broad SMARTS) is 1. The fraction of sp³-hybridized carbons (Fsp3) is 0.357. The van der Waals surface area contributed by atoms with Gasteiger partial charge in [-0.1, -0.05) is 18.6 Å². The Balaban J connectivity index is 2.16. The first kappa shape index (κ1) is 14.0. The summed E-state index contributed by atoms with van der Waals surface area (Å²) in [6.07, 6.45) is 2.11. The molecule has 0 radical (unpaired) electrons. The van der Waals surface area contributed by atoms with E-state index in [9.17, 15) is 4.79 Å². The summed E-state index contributed by atoms with van der Waals surface area (Å²) in [5.74, 6) is -0.285. The van der Waals surface area contributed by atoms with Gasteiger partial charge >= 0.3 is 5.97 Å². The van der Waals surface area contributed by atoms with Crippen molar-refractivity contribution in [3.05, 3.63) is 35.7 Å². The summed E-state index contributed by atoms with van der Waals surface area (Å²) < 4.78 is 7.07. The Morgan fingerprint density at radius 1 is 1.35 bits per heavy atom. The van der Waals surface area contributed by atoms with Crippen LogP contribution in [0.1, 0.15) is 35.9 Å². The second-order valence-corrected chi connectivity index (χ2v) is 4.44. The van der Waals surface area contributed by atoms with Crippen LogP contribution < -0.4 is 4.74 Å². The molecule has 1 N–H and O–H groups in total. The minimum absolute atomic E-state index is 0.0340. The highest BCUT2D eigenvalue weighted by Gasteiger charge is 2.15. The van der Waals surface area contributed by atoms with E-state index in [1.807, 2.05) is 24.3 Å². The van der Waals surface area contributed by atoms with Crippen molar-refractivity contribution < 1.29 is 14.6 Å². The van der Waals surface area contributed by atoms with Crippen molar-refractivity contribution in [2.24, 2.45) is 0 Å². The van der Waals surface area contributed by atoms with Gasteiger partial charge in [0, 0.05) is 0 Å². The highest BCUT2D eigenvalue weighted by atomic mass is 16.5. The molecule has 0 spiro atoms. The number of ether oxygens (including phenoxy) is 1. The Kier molecular flexibility index (Phi) is 4.34. The SMILES string of the molecule is CCCCOc1ccc(-n2nnc(C(=O)O)c2C)cc1. The zero-order valence-corrected chi connectivity index (χ0v) is 11.5. The van der Waals surface area contributed by atoms with Crippen LogP contribution in [0.5, 0.6) is 5.75 Å². The number of carbonyl (C=O) groups is 1. The van der Waals surface area contributed by atoms with Gasteiger partial charge in [0.05, 0.1) is 18.0 Å². The molecule has 0 bridgehead atoms. The summed E-state index contributed by atoms with van der Waals surface area (Å²) in [4.78, 5) is 10.9. The summed E-state index contributed by atoms with van der Waals surface area (Å²) in [5, 5.41) is 16.5. The molecule has 20 heavy (non-hydrogen) atoms. The molecule has 2 rings (SSSR count). The van der Waals surface area contributed by atoms with E-state index in [0.717, 1.165) is 24.3 Å². The second-order valence-electron chi connectivity index (χ2n) is 4.44. The Hall–Kier alpha value is -2.37. The molecule has 0 atom stereocenters. The van der Waals surface area contributed by atoms with Gasteiger partial charge in [-0.2, -0.15) is 0 Å². The number of aromatic carboxylic acids is 1. The normalized spacial score (nSPS) is 10.5. The van der Waals surface area contributed by atoms with E-state index in [1.54, 1.807) is 6.92 Å². The average Bonchev–Trinajstić information content (AvgIpc) is 2.82. The maximum absolute atomic E-state index is 10.9. The number of benzene rings is 1. The predicted molar refractivity (Wildman–Crippen MR) is 73.5 cm³/mol. The maximum atomic E-state index is 10.9. The monoisotopic (exact) mass is 275 g/mol. The molecule has 0 saturated carbocycles. The number of carboxylic acids is 1. The van der Waals surface area contributed by atoms with E-state index in [-0.39, 0.29) is 5.69 Å². The summed E-state index contributed by atoms with van der Waals surface area (Å²) in [6.45, 7) is 4.48. The molecule has 0 aliphatic rings. The van der Waals surface area contributed by atoms with Crippen molar-refractivity contribution in [1.29, 1.82) is 0 Å². The predicted octanol–water partition coefficient (Wildman–Crippen LogP) is 2.45. The second kappa shape index (κ2) is 6.18. The van der Waals surface area contributed by atoms with Gasteiger partial charge in [-0.15, -0.1) is 5.10 Å². The Labute approximate surface area is 117 Å². The number of aromatic nitrogens is 3. The number of hydrogen-bond acceptors (Lipinski definition) is 4. The fourth-order valence-corrected chi connectivity index (χ4v) is 1.79. The minimum atomic E-state index is -1.08. The van der Waals surface area contributed by atoms with Crippen LogP contribution in [-0.4, -0.2) is 32.7 Å². The molecule has 0 aliphatic heterocycles. The maximum Gasteiger partial charge on any atom is 0.358 e. The first-order chi connectivity index (χ1) is 9.63. The van der Waals surface area contributed by atoms with E-state index in [0.29, 0.717) is 12.3 Å². The van der Waals surface area contributed by atoms with Gasteiger partial charge in [-0.05, 0) is 37.6 Å². The third-order valence-corrected chi connectivity index (χ3v) is 2.95. The van der Waals surface area contributed by atoms with Crippen LogP contribution in [0.4, 0.5) is 0 Å². The minimum Gasteiger partial charge on any atom is -0.494 e. The highest BCUT2D eigenvalue weighted by molar-refractivity contribution is 5.86. The van der Waals surface area contributed by atoms with Crippen LogP contribution in [0.15, 0.2) is 24.3 Å². The van der Waals surface area contributed by atoms with Crippen LogP contribution in [0, 0.1) is 6.92 Å². The first-order valence-corrected chi connectivity index (χ1v) is 6.52. The quantitative estimate of drug-likeness (QED) is 0.819. The number of unbranched alkanes of at least 4 members (excludes halogenated alkanes) is 1. The Morgan fingerprint density at radius 3 is 2.60 bits per heavy atom. The van der Waals surface area contributed by atoms with Gasteiger partial charge < -0.3 is 9.84 Å². The van der Waals surface area contributed by atoms with Gasteiger partial charge in [0.25, 0.3) is 0 Å². The molecule has 1 heterocycles. The van der Waals surface area contributed by atoms with E-state index in [2.05, 4.69) is 17.2 Å². The molecule has 0 unspecified atom stereocenters. The van der Waals surface area contributed by atoms with Crippen molar-refractivity contribution in [3.8, 4) is 11.4 Å². The summed E-state index contributed by atoms with van der Waals surface area (Å²) in [6, 6.07) is 7.34. The van der Waals surface area contributed by atoms with Crippen LogP contribution in [0.3, 0.4) is 0 Å². The molecule has 0 amide bonds. The van der Waals surface area contributed by atoms with Gasteiger partial charge in [-0.25, -0.2) is 9.48 Å². The lowest BCUT2D eigenvalue weighted by Gasteiger charge is -2.07.